The van der Waals surface area contributed by atoms with Gasteiger partial charge in [0.2, 0.25) is 5.95 Å². The van der Waals surface area contributed by atoms with E-state index in [2.05, 4.69) is 234 Å². The zero-order valence-electron chi connectivity index (χ0n) is 37.5. The molecule has 3 aliphatic carbocycles. The second-order valence-electron chi connectivity index (χ2n) is 18.5. The molecule has 0 amide bonds. The zero-order valence-corrected chi connectivity index (χ0v) is 37.5. The number of rotatable bonds is 5. The molecule has 0 saturated heterocycles. The monoisotopic (exact) mass is 879 g/mol. The van der Waals surface area contributed by atoms with E-state index in [1.165, 1.54) is 55.3 Å². The third-order valence-corrected chi connectivity index (χ3v) is 15.1. The summed E-state index contributed by atoms with van der Waals surface area (Å²) < 4.78 is 4.78. The van der Waals surface area contributed by atoms with Crippen molar-refractivity contribution in [3.63, 3.8) is 0 Å². The maximum atomic E-state index is 5.63. The SMILES string of the molecule is C1=CCCC(c2nc(-c3ccc4c(c3)C3(c5ccccc5-c5ccccc53)c3ccccc3-4)nc(-n3c4ccccc4c4ccc5c6ccccc6n(-c6ccccc6-c6ccccc6)c5c43)n2)=C1. The number of fused-ring (bicyclic) bond motifs is 17. The van der Waals surface area contributed by atoms with E-state index in [0.717, 1.165) is 73.6 Å². The van der Waals surface area contributed by atoms with Crippen molar-refractivity contribution >= 4 is 49.2 Å². The van der Waals surface area contributed by atoms with Crippen LogP contribution in [0.1, 0.15) is 40.9 Å². The number of allylic oxidation sites excluding steroid dienone is 4. The number of benzene rings is 9. The first kappa shape index (κ1) is 38.2. The molecule has 0 fully saturated rings. The van der Waals surface area contributed by atoms with E-state index in [4.69, 9.17) is 15.0 Å². The molecule has 0 N–H and O–H groups in total. The number of aromatic nitrogens is 5. The van der Waals surface area contributed by atoms with Gasteiger partial charge in [-0.05, 0) is 92.8 Å². The predicted octanol–water partition coefficient (Wildman–Crippen LogP) is 15.5. The van der Waals surface area contributed by atoms with Gasteiger partial charge in [-0.1, -0.05) is 200 Å². The Labute approximate surface area is 398 Å². The fraction of sp³-hybridized carbons (Fsp3) is 0.0469. The van der Waals surface area contributed by atoms with E-state index in [9.17, 15) is 0 Å². The maximum Gasteiger partial charge on any atom is 0.238 e. The van der Waals surface area contributed by atoms with Gasteiger partial charge in [0.05, 0.1) is 33.2 Å². The summed E-state index contributed by atoms with van der Waals surface area (Å²) in [6, 6.07) is 75.4. The summed E-state index contributed by atoms with van der Waals surface area (Å²) in [7, 11) is 0. The Hall–Kier alpha value is -8.93. The van der Waals surface area contributed by atoms with Gasteiger partial charge in [-0.3, -0.25) is 4.57 Å². The molecule has 5 heteroatoms. The van der Waals surface area contributed by atoms with Crippen LogP contribution in [0.2, 0.25) is 0 Å². The molecule has 0 unspecified atom stereocenters. The number of para-hydroxylation sites is 3. The second-order valence-corrected chi connectivity index (χ2v) is 18.5. The van der Waals surface area contributed by atoms with E-state index in [1.54, 1.807) is 0 Å². The Bertz CT molecular complexity index is 4140. The summed E-state index contributed by atoms with van der Waals surface area (Å²) in [6.07, 6.45) is 8.31. The molecule has 1 spiro atoms. The molecular formula is C64H41N5. The van der Waals surface area contributed by atoms with Gasteiger partial charge in [0, 0.05) is 32.7 Å². The molecule has 3 heterocycles. The zero-order chi connectivity index (χ0) is 45.2. The van der Waals surface area contributed by atoms with E-state index in [0.29, 0.717) is 17.6 Å². The first-order chi connectivity index (χ1) is 34.3. The number of hydrogen-bond acceptors (Lipinski definition) is 3. The minimum Gasteiger partial charge on any atom is -0.307 e. The quantitative estimate of drug-likeness (QED) is 0.173. The lowest BCUT2D eigenvalue weighted by Crippen LogP contribution is -2.25. The highest BCUT2D eigenvalue weighted by Crippen LogP contribution is 2.63. The molecule has 0 aliphatic heterocycles. The molecule has 69 heavy (non-hydrogen) atoms. The lowest BCUT2D eigenvalue weighted by molar-refractivity contribution is 0.793. The van der Waals surface area contributed by atoms with Crippen LogP contribution in [0.15, 0.2) is 224 Å². The summed E-state index contributed by atoms with van der Waals surface area (Å²) >= 11 is 0. The Morgan fingerprint density at radius 3 is 1.58 bits per heavy atom. The second kappa shape index (κ2) is 14.5. The van der Waals surface area contributed by atoms with Crippen molar-refractivity contribution < 1.29 is 0 Å². The van der Waals surface area contributed by atoms with Crippen molar-refractivity contribution in [2.24, 2.45) is 0 Å². The Morgan fingerprint density at radius 1 is 0.391 bits per heavy atom. The van der Waals surface area contributed by atoms with Gasteiger partial charge < -0.3 is 4.57 Å². The summed E-state index contributed by atoms with van der Waals surface area (Å²) in [4.78, 5) is 16.6. The third-order valence-electron chi connectivity index (χ3n) is 15.1. The summed E-state index contributed by atoms with van der Waals surface area (Å²) in [5, 5.41) is 4.63. The lowest BCUT2D eigenvalue weighted by atomic mass is 9.70. The van der Waals surface area contributed by atoms with Crippen molar-refractivity contribution in [1.29, 1.82) is 0 Å². The van der Waals surface area contributed by atoms with E-state index in [-0.39, 0.29) is 0 Å². The molecule has 5 nitrogen and oxygen atoms in total. The first-order valence-corrected chi connectivity index (χ1v) is 23.9. The summed E-state index contributed by atoms with van der Waals surface area (Å²) in [5.41, 5.74) is 19.6. The van der Waals surface area contributed by atoms with Crippen LogP contribution in [-0.2, 0) is 5.41 Å². The van der Waals surface area contributed by atoms with Crippen LogP contribution >= 0.6 is 0 Å². The van der Waals surface area contributed by atoms with Gasteiger partial charge in [0.1, 0.15) is 0 Å². The Morgan fingerprint density at radius 2 is 0.928 bits per heavy atom. The van der Waals surface area contributed by atoms with Crippen LogP contribution in [-0.4, -0.2) is 24.1 Å². The Balaban J connectivity index is 1.04. The average molecular weight is 880 g/mol. The van der Waals surface area contributed by atoms with Crippen LogP contribution in [0.4, 0.5) is 0 Å². The van der Waals surface area contributed by atoms with Crippen LogP contribution in [0.5, 0.6) is 0 Å². The number of hydrogen-bond donors (Lipinski definition) is 0. The van der Waals surface area contributed by atoms with Crippen LogP contribution in [0, 0.1) is 0 Å². The molecule has 15 rings (SSSR count). The first-order valence-electron chi connectivity index (χ1n) is 23.9. The highest BCUT2D eigenvalue weighted by Gasteiger charge is 2.51. The third kappa shape index (κ3) is 5.27. The highest BCUT2D eigenvalue weighted by atomic mass is 15.2. The summed E-state index contributed by atoms with van der Waals surface area (Å²) in [5.74, 6) is 1.93. The highest BCUT2D eigenvalue weighted by molar-refractivity contribution is 6.24. The van der Waals surface area contributed by atoms with E-state index in [1.807, 2.05) is 0 Å². The molecule has 3 aliphatic rings. The van der Waals surface area contributed by atoms with Crippen molar-refractivity contribution in [1.82, 2.24) is 24.1 Å². The fourth-order valence-electron chi connectivity index (χ4n) is 12.2. The van der Waals surface area contributed by atoms with E-state index >= 15 is 0 Å². The van der Waals surface area contributed by atoms with Crippen LogP contribution in [0.25, 0.3) is 106 Å². The largest absolute Gasteiger partial charge is 0.307 e. The van der Waals surface area contributed by atoms with Crippen LogP contribution < -0.4 is 0 Å². The average Bonchev–Trinajstić information content (AvgIpc) is 4.13. The number of nitrogens with zero attached hydrogens (tertiary/aromatic N) is 5. The van der Waals surface area contributed by atoms with E-state index < -0.39 is 5.41 Å². The molecular weight excluding hydrogens is 839 g/mol. The molecule has 3 aromatic heterocycles. The van der Waals surface area contributed by atoms with Gasteiger partial charge in [0.15, 0.2) is 11.6 Å². The maximum absolute atomic E-state index is 5.63. The van der Waals surface area contributed by atoms with Gasteiger partial charge >= 0.3 is 0 Å². The van der Waals surface area contributed by atoms with Crippen molar-refractivity contribution in [2.75, 3.05) is 0 Å². The predicted molar refractivity (Wildman–Crippen MR) is 282 cm³/mol. The molecule has 322 valence electrons. The lowest BCUT2D eigenvalue weighted by Gasteiger charge is -2.30. The molecule has 12 aromatic rings. The van der Waals surface area contributed by atoms with Crippen LogP contribution in [0.3, 0.4) is 0 Å². The van der Waals surface area contributed by atoms with Crippen molar-refractivity contribution in [2.45, 2.75) is 18.3 Å². The van der Waals surface area contributed by atoms with Crippen molar-refractivity contribution in [3.8, 4) is 56.4 Å². The van der Waals surface area contributed by atoms with Gasteiger partial charge in [-0.15, -0.1) is 0 Å². The molecule has 0 radical (unpaired) electrons. The molecule has 0 saturated carbocycles. The Kier molecular flexibility index (Phi) is 8.05. The molecule has 0 bridgehead atoms. The van der Waals surface area contributed by atoms with Crippen molar-refractivity contribution in [3.05, 3.63) is 253 Å². The smallest absolute Gasteiger partial charge is 0.238 e. The topological polar surface area (TPSA) is 48.5 Å². The van der Waals surface area contributed by atoms with Gasteiger partial charge in [-0.25, -0.2) is 4.98 Å². The molecule has 0 atom stereocenters. The standard InChI is InChI=1S/C64H41N5/c1-3-19-40(20-4-1)43-23-10-16-32-56(43)68-57-33-17-11-27-48(57)50-37-38-51-49-28-12-18-34-58(49)69(60(51)59(50)68)63-66-61(41-21-5-2-6-22-41)65-62(67-63)42-35-36-47-46-26-9-15-31-54(46)64(55(47)39-42)52-29-13-7-24-44(52)45-25-8-14-30-53(45)64/h1-5,7-21,23-39H,6,22H2. The van der Waals surface area contributed by atoms with Gasteiger partial charge in [-0.2, -0.15) is 9.97 Å². The molecule has 9 aromatic carbocycles. The minimum absolute atomic E-state index is 0.494. The fourth-order valence-corrected chi connectivity index (χ4v) is 12.2. The minimum atomic E-state index is -0.494. The van der Waals surface area contributed by atoms with Gasteiger partial charge in [0.25, 0.3) is 0 Å². The normalized spacial score (nSPS) is 14.1. The summed E-state index contributed by atoms with van der Waals surface area (Å²) in [6.45, 7) is 0.